The molecule has 0 bridgehead atoms. The van der Waals surface area contributed by atoms with Crippen LogP contribution in [0.1, 0.15) is 71.4 Å². The van der Waals surface area contributed by atoms with Crippen LogP contribution in [0.3, 0.4) is 0 Å². The SMILES string of the molecule is CC(C)(C)OC(=O)N[C@@H](Cc1cncn1-c1ccc([N+](=O)[O-])cc1[N+](=O)[O-])C(=O)N[C@@H](CC1CCCCC1)[C@@H](O)CCOc1ccccn1. The number of imidazole rings is 1. The Morgan fingerprint density at radius 3 is 2.49 bits per heavy atom. The largest absolute Gasteiger partial charge is 0.478 e. The number of aromatic nitrogens is 3. The number of rotatable bonds is 15. The Morgan fingerprint density at radius 2 is 1.84 bits per heavy atom. The van der Waals surface area contributed by atoms with Crippen molar-refractivity contribution < 1.29 is 34.0 Å². The van der Waals surface area contributed by atoms with Gasteiger partial charge in [0.2, 0.25) is 11.8 Å². The molecule has 3 aromatic rings. The number of aliphatic hydroxyl groups is 1. The van der Waals surface area contributed by atoms with E-state index in [1.54, 1.807) is 45.2 Å². The fourth-order valence-electron chi connectivity index (χ4n) is 5.83. The maximum Gasteiger partial charge on any atom is 0.408 e. The fraction of sp³-hybridized carbons (Fsp3) is 0.515. The molecule has 0 spiro atoms. The monoisotopic (exact) mass is 681 g/mol. The topological polar surface area (TPSA) is 214 Å². The molecule has 1 aromatic carbocycles. The van der Waals surface area contributed by atoms with Gasteiger partial charge in [-0.25, -0.2) is 14.8 Å². The zero-order chi connectivity index (χ0) is 35.6. The Morgan fingerprint density at radius 1 is 1.08 bits per heavy atom. The highest BCUT2D eigenvalue weighted by Crippen LogP contribution is 2.30. The molecule has 0 radical (unpaired) electrons. The van der Waals surface area contributed by atoms with Crippen LogP contribution in [0.25, 0.3) is 5.69 Å². The van der Waals surface area contributed by atoms with E-state index in [1.807, 2.05) is 0 Å². The Balaban J connectivity index is 1.59. The van der Waals surface area contributed by atoms with E-state index in [1.165, 1.54) is 23.2 Å². The summed E-state index contributed by atoms with van der Waals surface area (Å²) in [4.78, 5) is 56.9. The van der Waals surface area contributed by atoms with Gasteiger partial charge in [-0.2, -0.15) is 0 Å². The summed E-state index contributed by atoms with van der Waals surface area (Å²) in [6, 6.07) is 6.52. The van der Waals surface area contributed by atoms with Gasteiger partial charge in [0.25, 0.3) is 11.4 Å². The molecule has 3 atom stereocenters. The number of nitro groups is 2. The second-order valence-corrected chi connectivity index (χ2v) is 13.1. The van der Waals surface area contributed by atoms with Crippen LogP contribution in [0.4, 0.5) is 16.2 Å². The van der Waals surface area contributed by atoms with Crippen LogP contribution in [-0.4, -0.2) is 71.9 Å². The summed E-state index contributed by atoms with van der Waals surface area (Å²) in [5.74, 6) is 0.0863. The van der Waals surface area contributed by atoms with Crippen LogP contribution in [0, 0.1) is 26.1 Å². The number of benzene rings is 1. The summed E-state index contributed by atoms with van der Waals surface area (Å²) >= 11 is 0. The number of carbonyl (C=O) groups is 2. The number of amides is 2. The Bertz CT molecular complexity index is 1590. The lowest BCUT2D eigenvalue weighted by Gasteiger charge is -2.31. The molecule has 1 aliphatic rings. The third-order valence-electron chi connectivity index (χ3n) is 8.17. The second-order valence-electron chi connectivity index (χ2n) is 13.1. The highest BCUT2D eigenvalue weighted by Gasteiger charge is 2.32. The van der Waals surface area contributed by atoms with Crippen LogP contribution in [0.2, 0.25) is 0 Å². The van der Waals surface area contributed by atoms with Gasteiger partial charge >= 0.3 is 6.09 Å². The molecule has 1 aliphatic carbocycles. The molecule has 2 aromatic heterocycles. The molecular formula is C33H43N7O9. The van der Waals surface area contributed by atoms with Crippen molar-refractivity contribution >= 4 is 23.4 Å². The third-order valence-corrected chi connectivity index (χ3v) is 8.17. The molecule has 1 fully saturated rings. The van der Waals surface area contributed by atoms with Crippen LogP contribution in [0.5, 0.6) is 5.88 Å². The molecule has 3 N–H and O–H groups in total. The first-order valence-corrected chi connectivity index (χ1v) is 16.3. The van der Waals surface area contributed by atoms with E-state index >= 15 is 0 Å². The minimum atomic E-state index is -1.26. The number of aliphatic hydroxyl groups excluding tert-OH is 1. The standard InChI is InChI=1S/C33H43N7O9/c1-33(2,3)49-32(43)37-26(18-24-20-34-21-38(24)27-13-12-23(39(44)45)19-28(27)40(46)47)31(42)36-25(17-22-9-5-4-6-10-22)29(41)14-16-48-30-11-7-8-15-35-30/h7-8,11-13,15,19-22,25-26,29,41H,4-6,9-10,14,16-18H2,1-3H3,(H,36,42)(H,37,43)/t25-,26-,29-/m0/s1. The molecule has 1 saturated carbocycles. The minimum Gasteiger partial charge on any atom is -0.478 e. The van der Waals surface area contributed by atoms with E-state index < -0.39 is 57.0 Å². The zero-order valence-electron chi connectivity index (χ0n) is 27.8. The number of hydrogen-bond acceptors (Lipinski definition) is 11. The maximum absolute atomic E-state index is 14.0. The first kappa shape index (κ1) is 36.7. The lowest BCUT2D eigenvalue weighted by atomic mass is 9.83. The predicted molar refractivity (Wildman–Crippen MR) is 177 cm³/mol. The quantitative estimate of drug-likeness (QED) is 0.146. The van der Waals surface area contributed by atoms with Gasteiger partial charge in [0.15, 0.2) is 0 Å². The number of pyridine rings is 1. The van der Waals surface area contributed by atoms with Gasteiger partial charge in [-0.3, -0.25) is 29.6 Å². The van der Waals surface area contributed by atoms with Gasteiger partial charge in [-0.15, -0.1) is 0 Å². The molecule has 0 saturated heterocycles. The van der Waals surface area contributed by atoms with Crippen molar-refractivity contribution in [3.63, 3.8) is 0 Å². The maximum atomic E-state index is 14.0. The van der Waals surface area contributed by atoms with E-state index in [-0.39, 0.29) is 31.1 Å². The molecule has 0 aliphatic heterocycles. The number of ether oxygens (including phenoxy) is 2. The molecule has 2 heterocycles. The van der Waals surface area contributed by atoms with Gasteiger partial charge in [0, 0.05) is 43.1 Å². The van der Waals surface area contributed by atoms with Crippen molar-refractivity contribution in [1.82, 2.24) is 25.2 Å². The number of non-ortho nitro benzene ring substituents is 1. The molecule has 16 nitrogen and oxygen atoms in total. The molecule has 0 unspecified atom stereocenters. The van der Waals surface area contributed by atoms with Crippen LogP contribution in [-0.2, 0) is 16.0 Å². The molecule has 2 amide bonds. The van der Waals surface area contributed by atoms with Crippen molar-refractivity contribution in [3.05, 3.63) is 81.0 Å². The summed E-state index contributed by atoms with van der Waals surface area (Å²) in [6.45, 7) is 5.18. The van der Waals surface area contributed by atoms with E-state index in [9.17, 15) is 34.9 Å². The predicted octanol–water partition coefficient (Wildman–Crippen LogP) is 4.80. The van der Waals surface area contributed by atoms with Gasteiger partial charge in [0.1, 0.15) is 17.3 Å². The zero-order valence-corrected chi connectivity index (χ0v) is 27.8. The van der Waals surface area contributed by atoms with Gasteiger partial charge in [-0.1, -0.05) is 38.2 Å². The van der Waals surface area contributed by atoms with Crippen molar-refractivity contribution in [3.8, 4) is 11.6 Å². The van der Waals surface area contributed by atoms with Gasteiger partial charge < -0.3 is 25.2 Å². The highest BCUT2D eigenvalue weighted by atomic mass is 16.6. The average molecular weight is 682 g/mol. The van der Waals surface area contributed by atoms with E-state index in [4.69, 9.17) is 9.47 Å². The number of carbonyl (C=O) groups excluding carboxylic acids is 2. The number of nitrogens with one attached hydrogen (secondary N) is 2. The number of nitro benzene ring substituents is 2. The molecule has 49 heavy (non-hydrogen) atoms. The minimum absolute atomic E-state index is 0.0157. The highest BCUT2D eigenvalue weighted by molar-refractivity contribution is 5.86. The summed E-state index contributed by atoms with van der Waals surface area (Å²) < 4.78 is 12.5. The van der Waals surface area contributed by atoms with Crippen LogP contribution < -0.4 is 15.4 Å². The second kappa shape index (κ2) is 16.8. The third kappa shape index (κ3) is 11.0. The molecule has 4 rings (SSSR count). The lowest BCUT2D eigenvalue weighted by Crippen LogP contribution is -2.54. The molecular weight excluding hydrogens is 638 g/mol. The number of hydrogen-bond donors (Lipinski definition) is 3. The Kier molecular flexibility index (Phi) is 12.6. The summed E-state index contributed by atoms with van der Waals surface area (Å²) in [5.41, 5.74) is -1.61. The summed E-state index contributed by atoms with van der Waals surface area (Å²) in [7, 11) is 0. The van der Waals surface area contributed by atoms with Gasteiger partial charge in [-0.05, 0) is 45.2 Å². The Labute approximate surface area is 283 Å². The van der Waals surface area contributed by atoms with Crippen molar-refractivity contribution in [1.29, 1.82) is 0 Å². The smallest absolute Gasteiger partial charge is 0.408 e. The molecule has 264 valence electrons. The molecule has 16 heteroatoms. The van der Waals surface area contributed by atoms with Crippen molar-refractivity contribution in [2.45, 2.75) is 95.9 Å². The Hall–Kier alpha value is -5.12. The summed E-state index contributed by atoms with van der Waals surface area (Å²) in [5, 5.41) is 40.1. The van der Waals surface area contributed by atoms with E-state index in [0.717, 1.165) is 44.2 Å². The first-order chi connectivity index (χ1) is 23.3. The fourth-order valence-corrected chi connectivity index (χ4v) is 5.83. The number of nitrogens with zero attached hydrogens (tertiary/aromatic N) is 5. The van der Waals surface area contributed by atoms with Crippen molar-refractivity contribution in [2.75, 3.05) is 6.61 Å². The van der Waals surface area contributed by atoms with E-state index in [2.05, 4.69) is 20.6 Å². The lowest BCUT2D eigenvalue weighted by molar-refractivity contribution is -0.394. The normalized spacial score (nSPS) is 15.4. The average Bonchev–Trinajstić information content (AvgIpc) is 3.51. The number of alkyl carbamates (subject to hydrolysis) is 1. The van der Waals surface area contributed by atoms with Crippen molar-refractivity contribution in [2.24, 2.45) is 5.92 Å². The van der Waals surface area contributed by atoms with Crippen LogP contribution >= 0.6 is 0 Å². The van der Waals surface area contributed by atoms with Gasteiger partial charge in [0.05, 0.1) is 41.0 Å². The van der Waals surface area contributed by atoms with Crippen LogP contribution in [0.15, 0.2) is 55.1 Å². The first-order valence-electron chi connectivity index (χ1n) is 16.3. The van der Waals surface area contributed by atoms with E-state index in [0.29, 0.717) is 18.0 Å². The summed E-state index contributed by atoms with van der Waals surface area (Å²) in [6.07, 6.45) is 8.14.